The molecule has 0 saturated carbocycles. The summed E-state index contributed by atoms with van der Waals surface area (Å²) in [6.07, 6.45) is -1.24. The highest BCUT2D eigenvalue weighted by atomic mass is 35.5. The molecule has 1 nitrogen and oxygen atoms in total. The van der Waals surface area contributed by atoms with E-state index in [-0.39, 0.29) is 0 Å². The quantitative estimate of drug-likeness (QED) is 0.691. The second-order valence-electron chi connectivity index (χ2n) is 2.36. The van der Waals surface area contributed by atoms with Gasteiger partial charge in [0.1, 0.15) is 11.9 Å². The van der Waals surface area contributed by atoms with Gasteiger partial charge in [0, 0.05) is 0 Å². The summed E-state index contributed by atoms with van der Waals surface area (Å²) in [6, 6.07) is 4.72. The van der Waals surface area contributed by atoms with E-state index in [1.807, 2.05) is 0 Å². The third kappa shape index (κ3) is 1.89. The molecule has 1 aromatic rings. The highest BCUT2D eigenvalue weighted by Crippen LogP contribution is 2.28. The Balaban J connectivity index is 3.05. The van der Waals surface area contributed by atoms with Crippen LogP contribution in [0.5, 0.6) is 5.75 Å². The smallest absolute Gasteiger partial charge is 0.137 e. The highest BCUT2D eigenvalue weighted by molar-refractivity contribution is 6.32. The van der Waals surface area contributed by atoms with Gasteiger partial charge in [0.2, 0.25) is 0 Å². The molecule has 0 amide bonds. The molecule has 1 aromatic carbocycles. The SMILES string of the molecule is [CH2]C(F)c1ccc(Cl)c(OC)c1. The summed E-state index contributed by atoms with van der Waals surface area (Å²) in [5.74, 6) is 0.473. The minimum Gasteiger partial charge on any atom is -0.495 e. The first-order chi connectivity index (χ1) is 5.65. The molecule has 12 heavy (non-hydrogen) atoms. The van der Waals surface area contributed by atoms with Gasteiger partial charge in [-0.2, -0.15) is 0 Å². The topological polar surface area (TPSA) is 9.23 Å². The number of halogens is 2. The van der Waals surface area contributed by atoms with E-state index < -0.39 is 6.17 Å². The van der Waals surface area contributed by atoms with Gasteiger partial charge in [-0.1, -0.05) is 17.7 Å². The predicted molar refractivity (Wildman–Crippen MR) is 47.2 cm³/mol. The van der Waals surface area contributed by atoms with Crippen molar-refractivity contribution in [2.75, 3.05) is 7.11 Å². The zero-order valence-corrected chi connectivity index (χ0v) is 7.44. The molecule has 1 unspecified atom stereocenters. The largest absolute Gasteiger partial charge is 0.495 e. The molecule has 1 rings (SSSR count). The molecule has 0 heterocycles. The van der Waals surface area contributed by atoms with Crippen LogP contribution < -0.4 is 4.74 Å². The lowest BCUT2D eigenvalue weighted by Gasteiger charge is -2.06. The lowest BCUT2D eigenvalue weighted by Crippen LogP contribution is -1.89. The first-order valence-corrected chi connectivity index (χ1v) is 3.83. The van der Waals surface area contributed by atoms with E-state index in [1.165, 1.54) is 7.11 Å². The summed E-state index contributed by atoms with van der Waals surface area (Å²) in [7, 11) is 1.49. The third-order valence-corrected chi connectivity index (χ3v) is 1.85. The summed E-state index contributed by atoms with van der Waals surface area (Å²) in [4.78, 5) is 0. The van der Waals surface area contributed by atoms with Crippen LogP contribution in [0, 0.1) is 6.92 Å². The van der Waals surface area contributed by atoms with Crippen molar-refractivity contribution in [1.82, 2.24) is 0 Å². The van der Waals surface area contributed by atoms with Crippen LogP contribution in [0.15, 0.2) is 18.2 Å². The zero-order chi connectivity index (χ0) is 9.14. The minimum absolute atomic E-state index is 0.469. The van der Waals surface area contributed by atoms with Crippen molar-refractivity contribution in [1.29, 1.82) is 0 Å². The molecule has 65 valence electrons. The molecule has 1 atom stereocenters. The number of benzene rings is 1. The third-order valence-electron chi connectivity index (χ3n) is 1.54. The molecule has 3 heteroatoms. The standard InChI is InChI=1S/C9H9ClFO/c1-6(11)7-3-4-8(10)9(5-7)12-2/h3-6H,1H2,2H3. The van der Waals surface area contributed by atoms with Gasteiger partial charge in [0.15, 0.2) is 0 Å². The number of rotatable bonds is 2. The van der Waals surface area contributed by atoms with Crippen LogP contribution in [0.25, 0.3) is 0 Å². The van der Waals surface area contributed by atoms with Crippen molar-refractivity contribution in [3.8, 4) is 5.75 Å². The molecule has 0 aliphatic carbocycles. The van der Waals surface area contributed by atoms with Gasteiger partial charge in [-0.05, 0) is 24.6 Å². The molecule has 0 aliphatic rings. The molecular weight excluding hydrogens is 179 g/mol. The Morgan fingerprint density at radius 2 is 2.25 bits per heavy atom. The van der Waals surface area contributed by atoms with Crippen LogP contribution in [0.3, 0.4) is 0 Å². The normalized spacial score (nSPS) is 12.7. The summed E-state index contributed by atoms with van der Waals surface area (Å²) in [6.45, 7) is 3.25. The lowest BCUT2D eigenvalue weighted by molar-refractivity contribution is 0.398. The van der Waals surface area contributed by atoms with Gasteiger partial charge < -0.3 is 4.74 Å². The fraction of sp³-hybridized carbons (Fsp3) is 0.222. The van der Waals surface area contributed by atoms with Gasteiger partial charge in [-0.3, -0.25) is 0 Å². The van der Waals surface area contributed by atoms with Crippen LogP contribution in [0.2, 0.25) is 5.02 Å². The first-order valence-electron chi connectivity index (χ1n) is 3.45. The Bertz CT molecular complexity index is 273. The van der Waals surface area contributed by atoms with Crippen molar-refractivity contribution in [3.05, 3.63) is 35.7 Å². The van der Waals surface area contributed by atoms with Gasteiger partial charge >= 0.3 is 0 Å². The van der Waals surface area contributed by atoms with Crippen LogP contribution in [-0.2, 0) is 0 Å². The maximum absolute atomic E-state index is 12.7. The van der Waals surface area contributed by atoms with Crippen molar-refractivity contribution >= 4 is 11.6 Å². The monoisotopic (exact) mass is 187 g/mol. The molecule has 0 N–H and O–H groups in total. The molecule has 1 radical (unpaired) electrons. The summed E-state index contributed by atoms with van der Waals surface area (Å²) >= 11 is 5.73. The molecule has 0 bridgehead atoms. The zero-order valence-electron chi connectivity index (χ0n) is 6.68. The van der Waals surface area contributed by atoms with Gasteiger partial charge in [-0.15, -0.1) is 0 Å². The number of alkyl halides is 1. The maximum Gasteiger partial charge on any atom is 0.137 e. The Morgan fingerprint density at radius 3 is 2.75 bits per heavy atom. The van der Waals surface area contributed by atoms with Gasteiger partial charge in [-0.25, -0.2) is 4.39 Å². The number of methoxy groups -OCH3 is 1. The Labute approximate surface area is 76.1 Å². The van der Waals surface area contributed by atoms with E-state index in [2.05, 4.69) is 6.92 Å². The van der Waals surface area contributed by atoms with Crippen LogP contribution in [0.1, 0.15) is 11.7 Å². The second-order valence-corrected chi connectivity index (χ2v) is 2.77. The molecule has 0 aliphatic heterocycles. The molecule has 0 saturated heterocycles. The Morgan fingerprint density at radius 1 is 1.58 bits per heavy atom. The fourth-order valence-corrected chi connectivity index (χ4v) is 1.07. The van der Waals surface area contributed by atoms with Crippen molar-refractivity contribution in [3.63, 3.8) is 0 Å². The van der Waals surface area contributed by atoms with Gasteiger partial charge in [0.05, 0.1) is 12.1 Å². The average molecular weight is 188 g/mol. The summed E-state index contributed by atoms with van der Waals surface area (Å²) < 4.78 is 17.6. The van der Waals surface area contributed by atoms with Crippen molar-refractivity contribution in [2.24, 2.45) is 0 Å². The first kappa shape index (κ1) is 9.33. The van der Waals surface area contributed by atoms with Crippen molar-refractivity contribution in [2.45, 2.75) is 6.17 Å². The fourth-order valence-electron chi connectivity index (χ4n) is 0.871. The molecule has 0 fully saturated rings. The lowest BCUT2D eigenvalue weighted by atomic mass is 10.1. The van der Waals surface area contributed by atoms with Crippen LogP contribution in [-0.4, -0.2) is 7.11 Å². The molecule has 0 spiro atoms. The van der Waals surface area contributed by atoms with Gasteiger partial charge in [0.25, 0.3) is 0 Å². The van der Waals surface area contributed by atoms with E-state index in [0.29, 0.717) is 16.3 Å². The Hall–Kier alpha value is -0.760. The van der Waals surface area contributed by atoms with Crippen molar-refractivity contribution < 1.29 is 9.13 Å². The van der Waals surface area contributed by atoms with E-state index >= 15 is 0 Å². The van der Waals surface area contributed by atoms with E-state index in [9.17, 15) is 4.39 Å². The summed E-state index contributed by atoms with van der Waals surface area (Å²) in [5.41, 5.74) is 0.469. The Kier molecular flexibility index (Phi) is 2.93. The second kappa shape index (κ2) is 3.76. The molecular formula is C9H9ClFO. The number of hydrogen-bond donors (Lipinski definition) is 0. The minimum atomic E-state index is -1.24. The maximum atomic E-state index is 12.7. The van der Waals surface area contributed by atoms with Crippen LogP contribution in [0.4, 0.5) is 4.39 Å². The van der Waals surface area contributed by atoms with E-state index in [1.54, 1.807) is 18.2 Å². The molecule has 0 aromatic heterocycles. The predicted octanol–water partition coefficient (Wildman–Crippen LogP) is 3.19. The summed E-state index contributed by atoms with van der Waals surface area (Å²) in [5, 5.41) is 0.474. The number of ether oxygens (including phenoxy) is 1. The number of hydrogen-bond acceptors (Lipinski definition) is 1. The average Bonchev–Trinajstić information content (AvgIpc) is 2.05. The van der Waals surface area contributed by atoms with Crippen LogP contribution >= 0.6 is 11.6 Å². The highest BCUT2D eigenvalue weighted by Gasteiger charge is 2.06. The van der Waals surface area contributed by atoms with E-state index in [0.717, 1.165) is 0 Å². The van der Waals surface area contributed by atoms with E-state index in [4.69, 9.17) is 16.3 Å².